The molecule has 1 aliphatic carbocycles. The number of aryl methyl sites for hydroxylation is 2. The first-order valence-electron chi connectivity index (χ1n) is 9.24. The van der Waals surface area contributed by atoms with Crippen molar-refractivity contribution in [3.63, 3.8) is 0 Å². The van der Waals surface area contributed by atoms with E-state index in [1.807, 2.05) is 19.1 Å². The van der Waals surface area contributed by atoms with Crippen LogP contribution in [0.15, 0.2) is 36.4 Å². The normalized spacial score (nSPS) is 16.7. The van der Waals surface area contributed by atoms with Crippen LogP contribution in [0.4, 0.5) is 4.39 Å². The van der Waals surface area contributed by atoms with Crippen molar-refractivity contribution < 1.29 is 9.13 Å². The van der Waals surface area contributed by atoms with Crippen LogP contribution in [0.3, 0.4) is 0 Å². The van der Waals surface area contributed by atoms with Crippen LogP contribution < -0.4 is 4.74 Å². The summed E-state index contributed by atoms with van der Waals surface area (Å²) in [6, 6.07) is 12.2. The van der Waals surface area contributed by atoms with E-state index in [4.69, 9.17) is 4.74 Å². The summed E-state index contributed by atoms with van der Waals surface area (Å²) in [4.78, 5) is 0. The van der Waals surface area contributed by atoms with Gasteiger partial charge in [0.1, 0.15) is 11.6 Å². The van der Waals surface area contributed by atoms with Gasteiger partial charge in [0.05, 0.1) is 6.61 Å². The molecule has 128 valence electrons. The number of halogens is 1. The third-order valence-corrected chi connectivity index (χ3v) is 5.04. The van der Waals surface area contributed by atoms with E-state index < -0.39 is 0 Å². The molecule has 0 aromatic heterocycles. The minimum atomic E-state index is -0.0250. The fraction of sp³-hybridized carbons (Fsp3) is 0.455. The molecule has 0 saturated heterocycles. The minimum Gasteiger partial charge on any atom is -0.494 e. The van der Waals surface area contributed by atoms with Crippen LogP contribution >= 0.6 is 0 Å². The number of benzene rings is 2. The lowest BCUT2D eigenvalue weighted by molar-refractivity contribution is 0.339. The van der Waals surface area contributed by atoms with E-state index in [1.54, 1.807) is 6.07 Å². The summed E-state index contributed by atoms with van der Waals surface area (Å²) in [6.45, 7) is 4.86. The highest BCUT2D eigenvalue weighted by atomic mass is 19.1. The van der Waals surface area contributed by atoms with Crippen LogP contribution in [-0.4, -0.2) is 6.61 Å². The van der Waals surface area contributed by atoms with Gasteiger partial charge < -0.3 is 4.74 Å². The number of unbranched alkanes of at least 4 members (excludes halogenated alkanes) is 1. The van der Waals surface area contributed by atoms with Crippen molar-refractivity contribution in [3.05, 3.63) is 64.5 Å². The van der Waals surface area contributed by atoms with E-state index in [1.165, 1.54) is 11.1 Å². The van der Waals surface area contributed by atoms with Crippen molar-refractivity contribution in [1.29, 1.82) is 0 Å². The van der Waals surface area contributed by atoms with Gasteiger partial charge in [-0.2, -0.15) is 0 Å². The van der Waals surface area contributed by atoms with E-state index in [0.717, 1.165) is 55.4 Å². The smallest absolute Gasteiger partial charge is 0.126 e. The molecule has 3 rings (SSSR count). The van der Waals surface area contributed by atoms with Gasteiger partial charge >= 0.3 is 0 Å². The second-order valence-electron chi connectivity index (χ2n) is 6.76. The Morgan fingerprint density at radius 1 is 1.08 bits per heavy atom. The third-order valence-electron chi connectivity index (χ3n) is 5.04. The van der Waals surface area contributed by atoms with Crippen LogP contribution in [-0.2, 0) is 19.3 Å². The van der Waals surface area contributed by atoms with Crippen molar-refractivity contribution in [2.45, 2.75) is 58.3 Å². The Morgan fingerprint density at radius 2 is 1.96 bits per heavy atom. The Morgan fingerprint density at radius 3 is 2.71 bits per heavy atom. The second kappa shape index (κ2) is 7.83. The van der Waals surface area contributed by atoms with Crippen molar-refractivity contribution in [2.75, 3.05) is 6.61 Å². The summed E-state index contributed by atoms with van der Waals surface area (Å²) in [6.07, 6.45) is 6.17. The monoisotopic (exact) mass is 326 g/mol. The first-order valence-corrected chi connectivity index (χ1v) is 9.24. The van der Waals surface area contributed by atoms with Crippen molar-refractivity contribution in [3.8, 4) is 5.75 Å². The van der Waals surface area contributed by atoms with Crippen LogP contribution in [0.2, 0.25) is 0 Å². The first kappa shape index (κ1) is 17.0. The standard InChI is InChI=1S/C22H27FO/c1-3-5-6-16-7-12-21(22(23)13-16)19-9-8-18-15-20(24-4-2)11-10-17(18)14-19/h7,10-13,15,19H,3-6,8-9,14H2,1-2H3. The maximum atomic E-state index is 14.6. The summed E-state index contributed by atoms with van der Waals surface area (Å²) in [5.74, 6) is 1.21. The lowest BCUT2D eigenvalue weighted by Gasteiger charge is -2.26. The molecule has 0 aliphatic heterocycles. The predicted octanol–water partition coefficient (Wildman–Crippen LogP) is 5.84. The second-order valence-corrected chi connectivity index (χ2v) is 6.76. The van der Waals surface area contributed by atoms with E-state index in [9.17, 15) is 4.39 Å². The Hall–Kier alpha value is -1.83. The molecule has 1 nitrogen and oxygen atoms in total. The molecule has 0 amide bonds. The molecule has 2 aromatic rings. The maximum absolute atomic E-state index is 14.6. The average molecular weight is 326 g/mol. The molecule has 1 aliphatic rings. The fourth-order valence-corrected chi connectivity index (χ4v) is 3.69. The van der Waals surface area contributed by atoms with Gasteiger partial charge in [-0.25, -0.2) is 4.39 Å². The number of ether oxygens (including phenoxy) is 1. The number of rotatable bonds is 6. The van der Waals surface area contributed by atoms with Crippen LogP contribution in [0.25, 0.3) is 0 Å². The Labute approximate surface area is 144 Å². The Kier molecular flexibility index (Phi) is 5.55. The molecule has 0 radical (unpaired) electrons. The van der Waals surface area contributed by atoms with E-state index >= 15 is 0 Å². The minimum absolute atomic E-state index is 0.0250. The molecule has 1 unspecified atom stereocenters. The molecular formula is C22H27FO. The van der Waals surface area contributed by atoms with Gasteiger partial charge in [-0.1, -0.05) is 31.5 Å². The van der Waals surface area contributed by atoms with Crippen molar-refractivity contribution in [2.24, 2.45) is 0 Å². The number of hydrogen-bond acceptors (Lipinski definition) is 1. The van der Waals surface area contributed by atoms with Crippen LogP contribution in [0.1, 0.15) is 61.3 Å². The van der Waals surface area contributed by atoms with Gasteiger partial charge in [-0.3, -0.25) is 0 Å². The quantitative estimate of drug-likeness (QED) is 0.648. The Balaban J connectivity index is 1.75. The lowest BCUT2D eigenvalue weighted by atomic mass is 9.79. The maximum Gasteiger partial charge on any atom is 0.126 e. The summed E-state index contributed by atoms with van der Waals surface area (Å²) in [5, 5.41) is 0. The predicted molar refractivity (Wildman–Crippen MR) is 97.4 cm³/mol. The van der Waals surface area contributed by atoms with E-state index in [0.29, 0.717) is 6.61 Å². The topological polar surface area (TPSA) is 9.23 Å². The molecule has 2 heteroatoms. The molecular weight excluding hydrogens is 299 g/mol. The number of fused-ring (bicyclic) bond motifs is 1. The molecule has 24 heavy (non-hydrogen) atoms. The SMILES string of the molecule is CCCCc1ccc(C2CCc3cc(OCC)ccc3C2)c(F)c1. The Bertz CT molecular complexity index is 692. The van der Waals surface area contributed by atoms with E-state index in [2.05, 4.69) is 25.1 Å². The molecule has 0 N–H and O–H groups in total. The molecule has 0 bridgehead atoms. The largest absolute Gasteiger partial charge is 0.494 e. The molecule has 0 fully saturated rings. The van der Waals surface area contributed by atoms with Crippen LogP contribution in [0.5, 0.6) is 5.75 Å². The first-order chi connectivity index (χ1) is 11.7. The fourth-order valence-electron chi connectivity index (χ4n) is 3.69. The molecule has 0 spiro atoms. The van der Waals surface area contributed by atoms with Gasteiger partial charge in [0.15, 0.2) is 0 Å². The zero-order valence-electron chi connectivity index (χ0n) is 14.8. The summed E-state index contributed by atoms with van der Waals surface area (Å²) in [7, 11) is 0. The average Bonchev–Trinajstić information content (AvgIpc) is 2.60. The summed E-state index contributed by atoms with van der Waals surface area (Å²) >= 11 is 0. The summed E-state index contributed by atoms with van der Waals surface area (Å²) < 4.78 is 20.2. The van der Waals surface area contributed by atoms with E-state index in [-0.39, 0.29) is 11.7 Å². The highest BCUT2D eigenvalue weighted by molar-refractivity contribution is 5.40. The highest BCUT2D eigenvalue weighted by Gasteiger charge is 2.23. The lowest BCUT2D eigenvalue weighted by Crippen LogP contribution is -2.14. The van der Waals surface area contributed by atoms with Gasteiger partial charge in [-0.05, 0) is 85.4 Å². The van der Waals surface area contributed by atoms with Gasteiger partial charge in [-0.15, -0.1) is 0 Å². The van der Waals surface area contributed by atoms with Crippen LogP contribution in [0, 0.1) is 5.82 Å². The van der Waals surface area contributed by atoms with Crippen molar-refractivity contribution >= 4 is 0 Å². The van der Waals surface area contributed by atoms with Gasteiger partial charge in [0.2, 0.25) is 0 Å². The van der Waals surface area contributed by atoms with Gasteiger partial charge in [0.25, 0.3) is 0 Å². The highest BCUT2D eigenvalue weighted by Crippen LogP contribution is 2.35. The molecule has 0 saturated carbocycles. The number of hydrogen-bond donors (Lipinski definition) is 0. The molecule has 1 atom stereocenters. The van der Waals surface area contributed by atoms with Crippen molar-refractivity contribution in [1.82, 2.24) is 0 Å². The molecule has 0 heterocycles. The third kappa shape index (κ3) is 3.80. The summed E-state index contributed by atoms with van der Waals surface area (Å²) in [5.41, 5.74) is 4.70. The zero-order valence-corrected chi connectivity index (χ0v) is 14.8. The van der Waals surface area contributed by atoms with Gasteiger partial charge in [0, 0.05) is 0 Å². The molecule has 2 aromatic carbocycles. The zero-order chi connectivity index (χ0) is 16.9.